The maximum atomic E-state index is 13.4. The van der Waals surface area contributed by atoms with Crippen molar-refractivity contribution >= 4 is 27.4 Å². The van der Waals surface area contributed by atoms with Crippen molar-refractivity contribution in [3.63, 3.8) is 0 Å². The van der Waals surface area contributed by atoms with Crippen molar-refractivity contribution in [2.45, 2.75) is 18.2 Å². The molecule has 24 heavy (non-hydrogen) atoms. The minimum Gasteiger partial charge on any atom is -0.374 e. The number of rotatable bonds is 5. The number of hydrogen-bond donors (Lipinski definition) is 2. The average Bonchev–Trinajstić information content (AvgIpc) is 3.15. The van der Waals surface area contributed by atoms with Gasteiger partial charge in [0.25, 0.3) is 0 Å². The maximum absolute atomic E-state index is 13.4. The van der Waals surface area contributed by atoms with Gasteiger partial charge in [0.15, 0.2) is 0 Å². The molecular weight excluding hydrogens is 343 g/mol. The first-order chi connectivity index (χ1) is 11.3. The van der Waals surface area contributed by atoms with Crippen molar-refractivity contribution in [3.8, 4) is 0 Å². The van der Waals surface area contributed by atoms with Crippen LogP contribution in [0.3, 0.4) is 0 Å². The lowest BCUT2D eigenvalue weighted by Gasteiger charge is -2.30. The summed E-state index contributed by atoms with van der Waals surface area (Å²) in [5.41, 5.74) is -2.33. The van der Waals surface area contributed by atoms with Gasteiger partial charge >= 0.3 is 6.18 Å². The standard InChI is InChI=1S/C14H14F3N5OS/c1-22-6-5-19-12(22)13(23,14(15,16)17)3-4-18-11-10-9(2-7-24-10)20-8-21-11/h2,5-8,23H,3-4H2,1H3,(H,18,20,21)/t13-/m0/s1. The zero-order valence-corrected chi connectivity index (χ0v) is 13.4. The number of aryl methyl sites for hydroxylation is 1. The highest BCUT2D eigenvalue weighted by molar-refractivity contribution is 7.17. The first-order valence-corrected chi connectivity index (χ1v) is 7.90. The molecule has 3 aromatic heterocycles. The minimum absolute atomic E-state index is 0.132. The van der Waals surface area contributed by atoms with E-state index >= 15 is 0 Å². The molecule has 0 aliphatic carbocycles. The molecule has 1 atom stereocenters. The van der Waals surface area contributed by atoms with E-state index in [0.717, 1.165) is 9.27 Å². The number of hydrogen-bond acceptors (Lipinski definition) is 6. The van der Waals surface area contributed by atoms with Gasteiger partial charge in [-0.15, -0.1) is 11.3 Å². The second-order valence-corrected chi connectivity index (χ2v) is 6.17. The molecule has 0 unspecified atom stereocenters. The smallest absolute Gasteiger partial charge is 0.374 e. The molecule has 2 N–H and O–H groups in total. The molecule has 0 fully saturated rings. The summed E-state index contributed by atoms with van der Waals surface area (Å²) in [4.78, 5) is 11.8. The lowest BCUT2D eigenvalue weighted by Crippen LogP contribution is -2.45. The van der Waals surface area contributed by atoms with Crippen molar-refractivity contribution in [2.75, 3.05) is 11.9 Å². The molecule has 0 spiro atoms. The normalized spacial score (nSPS) is 14.7. The van der Waals surface area contributed by atoms with Crippen molar-refractivity contribution < 1.29 is 18.3 Å². The van der Waals surface area contributed by atoms with Crippen molar-refractivity contribution in [1.29, 1.82) is 0 Å². The van der Waals surface area contributed by atoms with E-state index in [1.165, 1.54) is 37.1 Å². The molecule has 128 valence electrons. The van der Waals surface area contributed by atoms with E-state index in [1.54, 1.807) is 6.07 Å². The fourth-order valence-corrected chi connectivity index (χ4v) is 3.23. The monoisotopic (exact) mass is 357 g/mol. The summed E-state index contributed by atoms with van der Waals surface area (Å²) in [5, 5.41) is 14.9. The van der Waals surface area contributed by atoms with Gasteiger partial charge in [0.05, 0.1) is 10.2 Å². The highest BCUT2D eigenvalue weighted by Gasteiger charge is 2.57. The molecule has 6 nitrogen and oxygen atoms in total. The number of fused-ring (bicyclic) bond motifs is 1. The number of nitrogens with zero attached hydrogens (tertiary/aromatic N) is 4. The van der Waals surface area contributed by atoms with E-state index < -0.39 is 24.0 Å². The largest absolute Gasteiger partial charge is 0.424 e. The Hall–Kier alpha value is -2.20. The molecule has 0 aliphatic rings. The van der Waals surface area contributed by atoms with E-state index in [2.05, 4.69) is 20.3 Å². The van der Waals surface area contributed by atoms with Gasteiger partial charge in [-0.3, -0.25) is 0 Å². The van der Waals surface area contributed by atoms with Crippen LogP contribution in [0.1, 0.15) is 12.2 Å². The summed E-state index contributed by atoms with van der Waals surface area (Å²) in [7, 11) is 1.41. The Bertz CT molecular complexity index is 846. The summed E-state index contributed by atoms with van der Waals surface area (Å²) in [6.45, 7) is -0.132. The minimum atomic E-state index is -4.85. The van der Waals surface area contributed by atoms with Gasteiger partial charge in [0.2, 0.25) is 5.60 Å². The molecule has 10 heteroatoms. The van der Waals surface area contributed by atoms with Gasteiger partial charge < -0.3 is 15.0 Å². The molecule has 3 rings (SSSR count). The average molecular weight is 357 g/mol. The number of imidazole rings is 1. The molecule has 3 aromatic rings. The Balaban J connectivity index is 1.80. The molecule has 3 heterocycles. The van der Waals surface area contributed by atoms with Crippen LogP contribution in [0.15, 0.2) is 30.2 Å². The Morgan fingerprint density at radius 3 is 2.75 bits per heavy atom. The van der Waals surface area contributed by atoms with E-state index in [1.807, 2.05) is 5.38 Å². The second-order valence-electron chi connectivity index (χ2n) is 5.25. The van der Waals surface area contributed by atoms with Crippen LogP contribution in [-0.2, 0) is 12.6 Å². The number of aromatic nitrogens is 4. The van der Waals surface area contributed by atoms with Crippen molar-refractivity contribution in [3.05, 3.63) is 36.0 Å². The highest BCUT2D eigenvalue weighted by Crippen LogP contribution is 2.40. The van der Waals surface area contributed by atoms with Gasteiger partial charge in [-0.25, -0.2) is 15.0 Å². The van der Waals surface area contributed by atoms with Crippen molar-refractivity contribution in [2.24, 2.45) is 7.05 Å². The molecular formula is C14H14F3N5OS. The predicted molar refractivity (Wildman–Crippen MR) is 83.7 cm³/mol. The van der Waals surface area contributed by atoms with Crippen LogP contribution < -0.4 is 5.32 Å². The SMILES string of the molecule is Cn1ccnc1[C@@](O)(CCNc1ncnc2ccsc12)C(F)(F)F. The van der Waals surface area contributed by atoms with E-state index in [-0.39, 0.29) is 6.54 Å². The zero-order valence-electron chi connectivity index (χ0n) is 12.6. The predicted octanol–water partition coefficient (Wildman–Crippen LogP) is 2.68. The molecule has 0 amide bonds. The molecule has 0 bridgehead atoms. The van der Waals surface area contributed by atoms with Crippen LogP contribution in [0.2, 0.25) is 0 Å². The Kier molecular flexibility index (Phi) is 4.18. The van der Waals surface area contributed by atoms with Crippen LogP contribution >= 0.6 is 11.3 Å². The summed E-state index contributed by atoms with van der Waals surface area (Å²) in [5.74, 6) is 0.000114. The number of aliphatic hydroxyl groups is 1. The fraction of sp³-hybridized carbons (Fsp3) is 0.357. The first kappa shape index (κ1) is 16.7. The van der Waals surface area contributed by atoms with Crippen LogP contribution in [0.4, 0.5) is 19.0 Å². The van der Waals surface area contributed by atoms with Gasteiger partial charge in [0.1, 0.15) is 18.0 Å². The number of thiophene rings is 1. The Labute approximate surface area is 139 Å². The third-order valence-corrected chi connectivity index (χ3v) is 4.59. The van der Waals surface area contributed by atoms with Gasteiger partial charge in [-0.2, -0.15) is 13.2 Å². The summed E-state index contributed by atoms with van der Waals surface area (Å²) in [6.07, 6.45) is -1.53. The van der Waals surface area contributed by atoms with Crippen molar-refractivity contribution in [1.82, 2.24) is 19.5 Å². The van der Waals surface area contributed by atoms with Crippen LogP contribution in [-0.4, -0.2) is 37.3 Å². The van der Waals surface area contributed by atoms with Gasteiger partial charge in [0, 0.05) is 32.4 Å². The summed E-state index contributed by atoms with van der Waals surface area (Å²) >= 11 is 1.39. The third kappa shape index (κ3) is 2.82. The quantitative estimate of drug-likeness (QED) is 0.734. The molecule has 0 aromatic carbocycles. The summed E-state index contributed by atoms with van der Waals surface area (Å²) in [6, 6.07) is 1.80. The number of anilines is 1. The fourth-order valence-electron chi connectivity index (χ4n) is 2.42. The van der Waals surface area contributed by atoms with E-state index in [9.17, 15) is 18.3 Å². The molecule has 0 aliphatic heterocycles. The molecule has 0 saturated carbocycles. The number of halogens is 3. The maximum Gasteiger partial charge on any atom is 0.424 e. The van der Waals surface area contributed by atoms with Gasteiger partial charge in [-0.1, -0.05) is 0 Å². The number of nitrogens with one attached hydrogen (secondary N) is 1. The Morgan fingerprint density at radius 1 is 1.29 bits per heavy atom. The van der Waals surface area contributed by atoms with E-state index in [0.29, 0.717) is 11.3 Å². The third-order valence-electron chi connectivity index (χ3n) is 3.68. The van der Waals surface area contributed by atoms with Crippen LogP contribution in [0.25, 0.3) is 10.2 Å². The van der Waals surface area contributed by atoms with E-state index in [4.69, 9.17) is 0 Å². The topological polar surface area (TPSA) is 75.9 Å². The van der Waals surface area contributed by atoms with Gasteiger partial charge in [-0.05, 0) is 11.4 Å². The first-order valence-electron chi connectivity index (χ1n) is 7.02. The lowest BCUT2D eigenvalue weighted by atomic mass is 9.97. The second kappa shape index (κ2) is 6.02. The zero-order chi connectivity index (χ0) is 17.4. The Morgan fingerprint density at radius 2 is 2.08 bits per heavy atom. The highest BCUT2D eigenvalue weighted by atomic mass is 32.1. The number of alkyl halides is 3. The lowest BCUT2D eigenvalue weighted by molar-refractivity contribution is -0.271. The molecule has 0 saturated heterocycles. The molecule has 0 radical (unpaired) electrons. The van der Waals surface area contributed by atoms with Crippen LogP contribution in [0.5, 0.6) is 0 Å². The summed E-state index contributed by atoms with van der Waals surface area (Å²) < 4.78 is 42.2. The van der Waals surface area contributed by atoms with Crippen LogP contribution in [0, 0.1) is 0 Å².